The molecule has 0 bridgehead atoms. The molecule has 0 atom stereocenters. The first kappa shape index (κ1) is 17.3. The van der Waals surface area contributed by atoms with Crippen LogP contribution in [0.25, 0.3) is 11.4 Å². The van der Waals surface area contributed by atoms with Crippen molar-refractivity contribution in [2.75, 3.05) is 6.61 Å². The third-order valence-electron chi connectivity index (χ3n) is 3.65. The number of rotatable bonds is 7. The second-order valence-corrected chi connectivity index (χ2v) is 5.47. The molecule has 0 saturated carbocycles. The minimum absolute atomic E-state index is 0.0274. The monoisotopic (exact) mass is 351 g/mol. The molecule has 3 rings (SSSR count). The van der Waals surface area contributed by atoms with E-state index in [1.54, 1.807) is 48.5 Å². The van der Waals surface area contributed by atoms with Crippen LogP contribution >= 0.6 is 0 Å². The summed E-state index contributed by atoms with van der Waals surface area (Å²) in [7, 11) is 0. The predicted molar refractivity (Wildman–Crippen MR) is 93.7 cm³/mol. The van der Waals surface area contributed by atoms with Gasteiger partial charge < -0.3 is 10.5 Å². The molecule has 0 aliphatic carbocycles. The normalized spacial score (nSPS) is 10.5. The number of aromatic nitrogens is 4. The van der Waals surface area contributed by atoms with Gasteiger partial charge in [-0.3, -0.25) is 9.59 Å². The van der Waals surface area contributed by atoms with Crippen molar-refractivity contribution in [3.8, 4) is 17.1 Å². The van der Waals surface area contributed by atoms with E-state index in [2.05, 4.69) is 15.4 Å². The van der Waals surface area contributed by atoms with Gasteiger partial charge in [0.05, 0.1) is 6.61 Å². The van der Waals surface area contributed by atoms with E-state index in [0.29, 0.717) is 34.9 Å². The number of benzene rings is 2. The molecule has 8 heteroatoms. The molecule has 132 valence electrons. The summed E-state index contributed by atoms with van der Waals surface area (Å²) in [4.78, 5) is 24.7. The van der Waals surface area contributed by atoms with Gasteiger partial charge >= 0.3 is 0 Å². The molecule has 2 N–H and O–H groups in total. The molecule has 0 spiro atoms. The van der Waals surface area contributed by atoms with Crippen molar-refractivity contribution in [2.24, 2.45) is 5.73 Å². The molecule has 1 amide bonds. The second-order valence-electron chi connectivity index (χ2n) is 5.47. The minimum Gasteiger partial charge on any atom is -0.494 e. The summed E-state index contributed by atoms with van der Waals surface area (Å²) < 4.78 is 5.35. The number of carbonyl (C=O) groups excluding carboxylic acids is 2. The number of hydrogen-bond donors (Lipinski definition) is 1. The maximum atomic E-state index is 12.3. The highest BCUT2D eigenvalue weighted by molar-refractivity contribution is 5.96. The van der Waals surface area contributed by atoms with E-state index in [-0.39, 0.29) is 12.3 Å². The van der Waals surface area contributed by atoms with Gasteiger partial charge in [0.2, 0.25) is 11.7 Å². The van der Waals surface area contributed by atoms with Gasteiger partial charge in [0.1, 0.15) is 12.3 Å². The van der Waals surface area contributed by atoms with Gasteiger partial charge in [0, 0.05) is 16.7 Å². The summed E-state index contributed by atoms with van der Waals surface area (Å²) in [5.74, 6) is 0.431. The largest absolute Gasteiger partial charge is 0.494 e. The van der Waals surface area contributed by atoms with Crippen LogP contribution in [0.4, 0.5) is 0 Å². The van der Waals surface area contributed by atoms with Crippen LogP contribution in [0, 0.1) is 0 Å². The first-order chi connectivity index (χ1) is 12.6. The number of primary amides is 1. The molecule has 0 unspecified atom stereocenters. The van der Waals surface area contributed by atoms with E-state index in [9.17, 15) is 9.59 Å². The number of Topliss-reactive ketones (excluding diaryl/α,β-unsaturated/α-hetero) is 1. The highest BCUT2D eigenvalue weighted by atomic mass is 16.5. The number of nitrogens with two attached hydrogens (primary N) is 1. The standard InChI is InChI=1S/C18H17N5O3/c1-2-26-15-9-7-12(8-10-15)16(24)11-23-21-18(20-22-23)14-5-3-13(4-6-14)17(19)25/h3-10H,2,11H2,1H3,(H2,19,25). The molecule has 26 heavy (non-hydrogen) atoms. The Hall–Kier alpha value is -3.55. The number of ether oxygens (including phenoxy) is 1. The lowest BCUT2D eigenvalue weighted by Crippen LogP contribution is -2.13. The molecular weight excluding hydrogens is 334 g/mol. The number of nitrogens with zero attached hydrogens (tertiary/aromatic N) is 4. The minimum atomic E-state index is -0.505. The van der Waals surface area contributed by atoms with Crippen molar-refractivity contribution in [3.05, 3.63) is 59.7 Å². The Bertz CT molecular complexity index is 917. The molecule has 3 aromatic rings. The Balaban J connectivity index is 1.69. The van der Waals surface area contributed by atoms with E-state index in [4.69, 9.17) is 10.5 Å². The summed E-state index contributed by atoms with van der Waals surface area (Å²) in [6.45, 7) is 2.44. The highest BCUT2D eigenvalue weighted by Gasteiger charge is 2.12. The molecule has 0 saturated heterocycles. The van der Waals surface area contributed by atoms with Gasteiger partial charge in [-0.15, -0.1) is 10.2 Å². The quantitative estimate of drug-likeness (QED) is 0.649. The fraction of sp³-hybridized carbons (Fsp3) is 0.167. The van der Waals surface area contributed by atoms with Crippen LogP contribution in [0.5, 0.6) is 5.75 Å². The van der Waals surface area contributed by atoms with Crippen LogP contribution in [-0.4, -0.2) is 38.5 Å². The Morgan fingerprint density at radius 3 is 2.31 bits per heavy atom. The van der Waals surface area contributed by atoms with E-state index in [0.717, 1.165) is 0 Å². The summed E-state index contributed by atoms with van der Waals surface area (Å²) in [6, 6.07) is 13.4. The summed E-state index contributed by atoms with van der Waals surface area (Å²) in [6.07, 6.45) is 0. The van der Waals surface area contributed by atoms with Gasteiger partial charge in [0.25, 0.3) is 0 Å². The third-order valence-corrected chi connectivity index (χ3v) is 3.65. The van der Waals surface area contributed by atoms with E-state index >= 15 is 0 Å². The van der Waals surface area contributed by atoms with Gasteiger partial charge in [0.15, 0.2) is 5.78 Å². The van der Waals surface area contributed by atoms with Crippen LogP contribution in [0.3, 0.4) is 0 Å². The van der Waals surface area contributed by atoms with Crippen LogP contribution in [0.15, 0.2) is 48.5 Å². The van der Waals surface area contributed by atoms with Gasteiger partial charge in [-0.05, 0) is 48.5 Å². The lowest BCUT2D eigenvalue weighted by atomic mass is 10.1. The molecule has 1 aromatic heterocycles. The number of tetrazole rings is 1. The number of amides is 1. The first-order valence-electron chi connectivity index (χ1n) is 8.01. The van der Waals surface area contributed by atoms with Crippen molar-refractivity contribution < 1.29 is 14.3 Å². The molecule has 0 aliphatic heterocycles. The fourth-order valence-electron chi connectivity index (χ4n) is 2.33. The summed E-state index contributed by atoms with van der Waals surface area (Å²) in [5.41, 5.74) is 6.82. The number of hydrogen-bond acceptors (Lipinski definition) is 6. The van der Waals surface area contributed by atoms with Gasteiger partial charge in [-0.25, -0.2) is 0 Å². The Kier molecular flexibility index (Phi) is 5.02. The average Bonchev–Trinajstić information content (AvgIpc) is 3.11. The smallest absolute Gasteiger partial charge is 0.248 e. The van der Waals surface area contributed by atoms with Crippen LogP contribution in [0.1, 0.15) is 27.6 Å². The van der Waals surface area contributed by atoms with Crippen molar-refractivity contribution in [1.29, 1.82) is 0 Å². The Labute approximate surface area is 149 Å². The molecule has 1 heterocycles. The highest BCUT2D eigenvalue weighted by Crippen LogP contribution is 2.15. The van der Waals surface area contributed by atoms with Crippen molar-refractivity contribution >= 4 is 11.7 Å². The molecule has 0 aliphatic rings. The number of ketones is 1. The van der Waals surface area contributed by atoms with Crippen LogP contribution in [-0.2, 0) is 6.54 Å². The number of carbonyl (C=O) groups is 2. The molecule has 0 fully saturated rings. The summed E-state index contributed by atoms with van der Waals surface area (Å²) in [5, 5.41) is 12.0. The molecule has 2 aromatic carbocycles. The van der Waals surface area contributed by atoms with Crippen LogP contribution in [0.2, 0.25) is 0 Å². The fourth-order valence-corrected chi connectivity index (χ4v) is 2.33. The van der Waals surface area contributed by atoms with Gasteiger partial charge in [-0.1, -0.05) is 12.1 Å². The topological polar surface area (TPSA) is 113 Å². The molecule has 0 radical (unpaired) electrons. The third kappa shape index (κ3) is 3.92. The Morgan fingerprint density at radius 2 is 1.69 bits per heavy atom. The Morgan fingerprint density at radius 1 is 1.04 bits per heavy atom. The zero-order chi connectivity index (χ0) is 18.5. The van der Waals surface area contributed by atoms with E-state index in [1.807, 2.05) is 6.92 Å². The van der Waals surface area contributed by atoms with Crippen molar-refractivity contribution in [3.63, 3.8) is 0 Å². The van der Waals surface area contributed by atoms with Crippen molar-refractivity contribution in [1.82, 2.24) is 20.2 Å². The lowest BCUT2D eigenvalue weighted by molar-refractivity contribution is 0.0959. The van der Waals surface area contributed by atoms with Gasteiger partial charge in [-0.2, -0.15) is 4.80 Å². The lowest BCUT2D eigenvalue weighted by Gasteiger charge is -2.04. The zero-order valence-corrected chi connectivity index (χ0v) is 14.1. The van der Waals surface area contributed by atoms with E-state index in [1.165, 1.54) is 4.80 Å². The summed E-state index contributed by atoms with van der Waals surface area (Å²) >= 11 is 0. The van der Waals surface area contributed by atoms with Crippen LogP contribution < -0.4 is 10.5 Å². The predicted octanol–water partition coefficient (Wildman–Crippen LogP) is 1.72. The second kappa shape index (κ2) is 7.56. The SMILES string of the molecule is CCOc1ccc(C(=O)Cn2nnc(-c3ccc(C(N)=O)cc3)n2)cc1. The maximum Gasteiger partial charge on any atom is 0.248 e. The molecule has 8 nitrogen and oxygen atoms in total. The molecular formula is C18H17N5O3. The first-order valence-corrected chi connectivity index (χ1v) is 8.01. The van der Waals surface area contributed by atoms with E-state index < -0.39 is 5.91 Å². The van der Waals surface area contributed by atoms with Crippen molar-refractivity contribution in [2.45, 2.75) is 13.5 Å². The zero-order valence-electron chi connectivity index (χ0n) is 14.1. The maximum absolute atomic E-state index is 12.3. The average molecular weight is 351 g/mol.